The highest BCUT2D eigenvalue weighted by Gasteiger charge is 2.11. The first-order chi connectivity index (χ1) is 15.1. The predicted molar refractivity (Wildman–Crippen MR) is 119 cm³/mol. The molecule has 0 aliphatic carbocycles. The van der Waals surface area contributed by atoms with Crippen molar-refractivity contribution in [2.24, 2.45) is 4.99 Å². The van der Waals surface area contributed by atoms with Gasteiger partial charge >= 0.3 is 0 Å². The number of fused-ring (bicyclic) bond motifs is 1. The number of ether oxygens (including phenoxy) is 2. The molecule has 0 aliphatic rings. The molecule has 7 heteroatoms. The number of halogens is 1. The maximum atomic E-state index is 13.7. The number of hydrogen-bond acceptors (Lipinski definition) is 4. The van der Waals surface area contributed by atoms with Crippen LogP contribution in [0.3, 0.4) is 0 Å². The van der Waals surface area contributed by atoms with Crippen molar-refractivity contribution in [3.05, 3.63) is 89.0 Å². The van der Waals surface area contributed by atoms with Crippen molar-refractivity contribution < 1.29 is 18.7 Å². The summed E-state index contributed by atoms with van der Waals surface area (Å²) in [5, 5.41) is 0. The zero-order valence-corrected chi connectivity index (χ0v) is 17.8. The highest BCUT2D eigenvalue weighted by molar-refractivity contribution is 7.16. The van der Waals surface area contributed by atoms with Crippen LogP contribution in [0, 0.1) is 5.82 Å². The van der Waals surface area contributed by atoms with Crippen LogP contribution in [0.4, 0.5) is 4.39 Å². The molecule has 0 atom stereocenters. The van der Waals surface area contributed by atoms with Gasteiger partial charge in [-0.25, -0.2) is 4.39 Å². The lowest BCUT2D eigenvalue weighted by Crippen LogP contribution is -2.19. The summed E-state index contributed by atoms with van der Waals surface area (Å²) in [6.07, 6.45) is 0. The smallest absolute Gasteiger partial charge is 0.279 e. The number of para-hydroxylation sites is 1. The van der Waals surface area contributed by atoms with Crippen molar-refractivity contribution in [2.45, 2.75) is 13.5 Å². The largest absolute Gasteiger partial charge is 0.457 e. The van der Waals surface area contributed by atoms with E-state index in [0.29, 0.717) is 41.6 Å². The quantitative estimate of drug-likeness (QED) is 0.364. The monoisotopic (exact) mass is 436 g/mol. The van der Waals surface area contributed by atoms with Gasteiger partial charge in [-0.2, -0.15) is 4.99 Å². The van der Waals surface area contributed by atoms with Crippen LogP contribution in [-0.4, -0.2) is 23.7 Å². The molecule has 0 fully saturated rings. The average molecular weight is 437 g/mol. The van der Waals surface area contributed by atoms with Gasteiger partial charge < -0.3 is 14.0 Å². The third kappa shape index (κ3) is 5.07. The normalized spacial score (nSPS) is 11.7. The molecule has 31 heavy (non-hydrogen) atoms. The van der Waals surface area contributed by atoms with Crippen molar-refractivity contribution in [2.75, 3.05) is 13.2 Å². The minimum absolute atomic E-state index is 0.325. The summed E-state index contributed by atoms with van der Waals surface area (Å²) in [5.41, 5.74) is 1.23. The fraction of sp³-hybridized carbons (Fsp3) is 0.167. The lowest BCUT2D eigenvalue weighted by atomic mass is 10.2. The molecule has 158 valence electrons. The van der Waals surface area contributed by atoms with E-state index in [2.05, 4.69) is 4.99 Å². The van der Waals surface area contributed by atoms with E-state index in [0.717, 1.165) is 10.2 Å². The van der Waals surface area contributed by atoms with E-state index in [1.165, 1.54) is 23.5 Å². The Balaban J connectivity index is 1.67. The van der Waals surface area contributed by atoms with Gasteiger partial charge in [0, 0.05) is 18.7 Å². The van der Waals surface area contributed by atoms with Gasteiger partial charge in [0.15, 0.2) is 4.80 Å². The third-order valence-electron chi connectivity index (χ3n) is 4.57. The standard InChI is InChI=1S/C24H21FN2O3S/c1-2-29-14-13-27-21-12-11-18(25)16-22(21)31-24(27)26-23(28)17-7-6-10-20(15-17)30-19-8-4-3-5-9-19/h3-12,15-16H,2,13-14H2,1H3. The van der Waals surface area contributed by atoms with Crippen molar-refractivity contribution >= 4 is 27.5 Å². The Hall–Kier alpha value is -3.29. The van der Waals surface area contributed by atoms with Crippen LogP contribution in [0.15, 0.2) is 77.8 Å². The molecule has 5 nitrogen and oxygen atoms in total. The fourth-order valence-electron chi connectivity index (χ4n) is 3.12. The molecule has 0 N–H and O–H groups in total. The van der Waals surface area contributed by atoms with Crippen LogP contribution in [0.2, 0.25) is 0 Å². The molecule has 1 heterocycles. The summed E-state index contributed by atoms with van der Waals surface area (Å²) in [6, 6.07) is 20.8. The number of amides is 1. The Bertz CT molecular complexity index is 1260. The van der Waals surface area contributed by atoms with Crippen LogP contribution in [-0.2, 0) is 11.3 Å². The lowest BCUT2D eigenvalue weighted by Gasteiger charge is -2.07. The summed E-state index contributed by atoms with van der Waals surface area (Å²) < 4.78 is 27.6. The molecule has 0 radical (unpaired) electrons. The molecule has 4 aromatic rings. The Labute approximate surface area is 183 Å². The van der Waals surface area contributed by atoms with E-state index in [9.17, 15) is 9.18 Å². The van der Waals surface area contributed by atoms with Crippen LogP contribution < -0.4 is 9.54 Å². The topological polar surface area (TPSA) is 52.8 Å². The number of thiazole rings is 1. The molecule has 4 rings (SSSR count). The van der Waals surface area contributed by atoms with Crippen molar-refractivity contribution in [3.63, 3.8) is 0 Å². The summed E-state index contributed by atoms with van der Waals surface area (Å²) in [7, 11) is 0. The Morgan fingerprint density at radius 3 is 2.65 bits per heavy atom. The number of aromatic nitrogens is 1. The number of carbonyl (C=O) groups is 1. The number of benzene rings is 3. The first-order valence-electron chi connectivity index (χ1n) is 9.92. The molecule has 0 spiro atoms. The van der Waals surface area contributed by atoms with Crippen LogP contribution in [0.25, 0.3) is 10.2 Å². The number of carbonyl (C=O) groups excluding carboxylic acids is 1. The van der Waals surface area contributed by atoms with E-state index in [4.69, 9.17) is 9.47 Å². The molecule has 1 aromatic heterocycles. The Morgan fingerprint density at radius 1 is 1.03 bits per heavy atom. The highest BCUT2D eigenvalue weighted by Crippen LogP contribution is 2.22. The predicted octanol–water partition coefficient (Wildman–Crippen LogP) is 5.41. The van der Waals surface area contributed by atoms with Crippen molar-refractivity contribution in [1.29, 1.82) is 0 Å². The maximum Gasteiger partial charge on any atom is 0.279 e. The molecular weight excluding hydrogens is 415 g/mol. The molecule has 1 amide bonds. The SMILES string of the molecule is CCOCCn1c(=NC(=O)c2cccc(Oc3ccccc3)c2)sc2cc(F)ccc21. The second-order valence-electron chi connectivity index (χ2n) is 6.71. The van der Waals surface area contributed by atoms with Gasteiger partial charge in [0.2, 0.25) is 0 Å². The third-order valence-corrected chi connectivity index (χ3v) is 5.61. The Morgan fingerprint density at radius 2 is 1.84 bits per heavy atom. The summed E-state index contributed by atoms with van der Waals surface area (Å²) >= 11 is 1.27. The molecule has 3 aromatic carbocycles. The zero-order valence-electron chi connectivity index (χ0n) is 17.0. The summed E-state index contributed by atoms with van der Waals surface area (Å²) in [4.78, 5) is 17.7. The van der Waals surface area contributed by atoms with Gasteiger partial charge in [-0.05, 0) is 55.5 Å². The van der Waals surface area contributed by atoms with Gasteiger partial charge in [-0.3, -0.25) is 4.79 Å². The van der Waals surface area contributed by atoms with Gasteiger partial charge in [0.25, 0.3) is 5.91 Å². The minimum atomic E-state index is -0.393. The fourth-order valence-corrected chi connectivity index (χ4v) is 4.20. The summed E-state index contributed by atoms with van der Waals surface area (Å²) in [5.74, 6) is 0.518. The van der Waals surface area contributed by atoms with Crippen molar-refractivity contribution in [1.82, 2.24) is 4.57 Å². The minimum Gasteiger partial charge on any atom is -0.457 e. The maximum absolute atomic E-state index is 13.7. The molecule has 0 unspecified atom stereocenters. The Kier molecular flexibility index (Phi) is 6.54. The summed E-state index contributed by atoms with van der Waals surface area (Å²) in [6.45, 7) is 3.51. The van der Waals surface area contributed by atoms with E-state index in [-0.39, 0.29) is 5.82 Å². The zero-order chi connectivity index (χ0) is 21.6. The molecule has 0 saturated heterocycles. The van der Waals surface area contributed by atoms with Crippen molar-refractivity contribution in [3.8, 4) is 11.5 Å². The molecule has 0 bridgehead atoms. The van der Waals surface area contributed by atoms with Gasteiger partial charge in [-0.15, -0.1) is 0 Å². The van der Waals surface area contributed by atoms with E-state index >= 15 is 0 Å². The lowest BCUT2D eigenvalue weighted by molar-refractivity contribution is 0.0996. The average Bonchev–Trinajstić information content (AvgIpc) is 3.11. The van der Waals surface area contributed by atoms with Gasteiger partial charge in [0.05, 0.1) is 16.8 Å². The van der Waals surface area contributed by atoms with E-state index in [1.54, 1.807) is 30.3 Å². The van der Waals surface area contributed by atoms with Crippen LogP contribution >= 0.6 is 11.3 Å². The highest BCUT2D eigenvalue weighted by atomic mass is 32.1. The second kappa shape index (κ2) is 9.68. The van der Waals surface area contributed by atoms with E-state index < -0.39 is 5.91 Å². The molecular formula is C24H21FN2O3S. The number of nitrogens with zero attached hydrogens (tertiary/aromatic N) is 2. The van der Waals surface area contributed by atoms with E-state index in [1.807, 2.05) is 41.8 Å². The van der Waals surface area contributed by atoms with Gasteiger partial charge in [0.1, 0.15) is 17.3 Å². The second-order valence-corrected chi connectivity index (χ2v) is 7.71. The molecule has 0 saturated carbocycles. The number of hydrogen-bond donors (Lipinski definition) is 0. The van der Waals surface area contributed by atoms with Crippen LogP contribution in [0.5, 0.6) is 11.5 Å². The van der Waals surface area contributed by atoms with Crippen LogP contribution in [0.1, 0.15) is 17.3 Å². The first-order valence-corrected chi connectivity index (χ1v) is 10.7. The number of rotatable bonds is 7. The first kappa shape index (κ1) is 21.0. The molecule has 0 aliphatic heterocycles. The van der Waals surface area contributed by atoms with Gasteiger partial charge in [-0.1, -0.05) is 35.6 Å².